The van der Waals surface area contributed by atoms with E-state index in [0.29, 0.717) is 45.7 Å². The normalized spacial score (nSPS) is 26.4. The summed E-state index contributed by atoms with van der Waals surface area (Å²) in [6, 6.07) is 20.0. The molecule has 2 aliphatic heterocycles. The van der Waals surface area contributed by atoms with E-state index in [4.69, 9.17) is 38.3 Å². The van der Waals surface area contributed by atoms with Crippen LogP contribution in [0, 0.1) is 0 Å². The summed E-state index contributed by atoms with van der Waals surface area (Å²) in [7, 11) is 0. The van der Waals surface area contributed by atoms with Crippen LogP contribution in [0.15, 0.2) is 60.7 Å². The van der Waals surface area contributed by atoms with Crippen LogP contribution in [0.1, 0.15) is 88.7 Å². The molecule has 0 radical (unpaired) electrons. The van der Waals surface area contributed by atoms with Crippen molar-refractivity contribution >= 4 is 0 Å². The van der Waals surface area contributed by atoms with Gasteiger partial charge in [0, 0.05) is 19.6 Å². The first-order valence-electron chi connectivity index (χ1n) is 18.4. The summed E-state index contributed by atoms with van der Waals surface area (Å²) in [5.41, 5.74) is 2.31. The first-order chi connectivity index (χ1) is 24.6. The smallest absolute Gasteiger partial charge is 0.293 e. The van der Waals surface area contributed by atoms with E-state index in [1.165, 1.54) is 12.5 Å². The molecule has 2 atom stereocenters. The van der Waals surface area contributed by atoms with Gasteiger partial charge in [-0.1, -0.05) is 67.6 Å². The van der Waals surface area contributed by atoms with Crippen LogP contribution < -0.4 is 0 Å². The van der Waals surface area contributed by atoms with Gasteiger partial charge in [0.05, 0.1) is 37.6 Å². The minimum absolute atomic E-state index is 0.0886. The molecule has 0 amide bonds. The second-order valence-electron chi connectivity index (χ2n) is 13.6. The topological polar surface area (TPSA) is 84.8 Å². The molecule has 2 aromatic carbocycles. The van der Waals surface area contributed by atoms with Crippen LogP contribution in [0.25, 0.3) is 0 Å². The van der Waals surface area contributed by atoms with Crippen LogP contribution in [-0.2, 0) is 46.4 Å². The number of aliphatic hydroxyl groups is 1. The summed E-state index contributed by atoms with van der Waals surface area (Å²) in [6.45, 7) is 2.08. The summed E-state index contributed by atoms with van der Waals surface area (Å²) in [4.78, 5) is 0. The van der Waals surface area contributed by atoms with Crippen LogP contribution in [-0.4, -0.2) is 87.0 Å². The van der Waals surface area contributed by atoms with Crippen molar-refractivity contribution in [1.82, 2.24) is 0 Å². The molecule has 1 N–H and O–H groups in total. The molecule has 0 spiro atoms. The highest BCUT2D eigenvalue weighted by Gasteiger charge is 2.37. The summed E-state index contributed by atoms with van der Waals surface area (Å²) < 4.78 is 90.3. The van der Waals surface area contributed by atoms with Crippen molar-refractivity contribution in [2.24, 2.45) is 0 Å². The van der Waals surface area contributed by atoms with Crippen LogP contribution in [0.5, 0.6) is 0 Å². The van der Waals surface area contributed by atoms with Gasteiger partial charge in [0.1, 0.15) is 19.8 Å². The minimum atomic E-state index is -2.99. The van der Waals surface area contributed by atoms with Crippen molar-refractivity contribution in [2.45, 2.75) is 140 Å². The highest BCUT2D eigenvalue weighted by molar-refractivity contribution is 5.14. The lowest BCUT2D eigenvalue weighted by molar-refractivity contribution is -0.220. The molecule has 2 aromatic rings. The predicted molar refractivity (Wildman–Crippen MR) is 184 cm³/mol. The van der Waals surface area contributed by atoms with Gasteiger partial charge < -0.3 is 38.3 Å². The maximum absolute atomic E-state index is 13.8. The van der Waals surface area contributed by atoms with Crippen molar-refractivity contribution in [1.29, 1.82) is 0 Å². The first-order valence-corrected chi connectivity index (χ1v) is 18.4. The Morgan fingerprint density at radius 2 is 1.02 bits per heavy atom. The van der Waals surface area contributed by atoms with Gasteiger partial charge >= 0.3 is 0 Å². The molecule has 288 valence electrons. The number of hydrogen-bond donors (Lipinski definition) is 1. The third-order valence-corrected chi connectivity index (χ3v) is 9.06. The molecule has 2 saturated heterocycles. The largest absolute Gasteiger partial charge is 0.393 e. The van der Waals surface area contributed by atoms with Crippen LogP contribution in [0.2, 0.25) is 0 Å². The van der Waals surface area contributed by atoms with Crippen molar-refractivity contribution < 1.29 is 55.8 Å². The molecule has 51 heavy (non-hydrogen) atoms. The average molecular weight is 729 g/mol. The molecular formula is C39H56F4O8. The Bertz CT molecular complexity index is 1170. The third kappa shape index (κ3) is 17.0. The molecule has 12 heteroatoms. The summed E-state index contributed by atoms with van der Waals surface area (Å²) in [5, 5.41) is 9.04. The standard InChI is InChI=1S/C19H26F2O4.C11H14O2.C9H16F2O2/c20-19(21,14-25-18-8-4-5-9-22-18)13-24-17-10-16(11-17)23-12-15-6-2-1-3-7-15;12-10-6-11(7-10)13-8-9-4-2-1-3-5-9;1-2-9(10,11)7-13-8-5-3-4-6-12-8/h1-3,6-7,16-18H,4-5,8-14H2;1-5,10-12H,6-8H2;8H,2-7H2,1H3. The first kappa shape index (κ1) is 41.6. The van der Waals surface area contributed by atoms with Gasteiger partial charge in [-0.3, -0.25) is 0 Å². The Balaban J connectivity index is 0.000000189. The number of benzene rings is 2. The summed E-state index contributed by atoms with van der Waals surface area (Å²) >= 11 is 0. The lowest BCUT2D eigenvalue weighted by Gasteiger charge is -2.35. The maximum Gasteiger partial charge on any atom is 0.293 e. The number of rotatable bonds is 16. The fourth-order valence-electron chi connectivity index (χ4n) is 5.54. The monoisotopic (exact) mass is 728 g/mol. The third-order valence-electron chi connectivity index (χ3n) is 9.06. The molecule has 0 aromatic heterocycles. The highest BCUT2D eigenvalue weighted by atomic mass is 19.3. The molecule has 6 rings (SSSR count). The quantitative estimate of drug-likeness (QED) is 0.173. The second kappa shape index (κ2) is 22.1. The summed E-state index contributed by atoms with van der Waals surface area (Å²) in [5.74, 6) is -5.70. The Hall–Kier alpha value is -2.16. The lowest BCUT2D eigenvalue weighted by Crippen LogP contribution is -2.41. The van der Waals surface area contributed by atoms with Crippen molar-refractivity contribution in [3.63, 3.8) is 0 Å². The van der Waals surface area contributed by atoms with E-state index in [1.807, 2.05) is 48.5 Å². The van der Waals surface area contributed by atoms with Gasteiger partial charge in [0.2, 0.25) is 0 Å². The fraction of sp³-hybridized carbons (Fsp3) is 0.692. The van der Waals surface area contributed by atoms with Gasteiger partial charge in [-0.15, -0.1) is 0 Å². The number of alkyl halides is 4. The van der Waals surface area contributed by atoms with Gasteiger partial charge in [0.15, 0.2) is 12.6 Å². The highest BCUT2D eigenvalue weighted by Crippen LogP contribution is 2.30. The minimum Gasteiger partial charge on any atom is -0.393 e. The van der Waals surface area contributed by atoms with E-state index in [0.717, 1.165) is 50.5 Å². The van der Waals surface area contributed by atoms with Gasteiger partial charge in [-0.2, -0.15) is 0 Å². The van der Waals surface area contributed by atoms with Crippen molar-refractivity contribution in [3.8, 4) is 0 Å². The Kier molecular flexibility index (Phi) is 18.1. The van der Waals surface area contributed by atoms with Crippen LogP contribution >= 0.6 is 0 Å². The molecule has 2 unspecified atom stereocenters. The van der Waals surface area contributed by atoms with Crippen LogP contribution in [0.3, 0.4) is 0 Å². The number of aliphatic hydroxyl groups excluding tert-OH is 1. The van der Waals surface area contributed by atoms with E-state index in [1.54, 1.807) is 0 Å². The van der Waals surface area contributed by atoms with E-state index in [9.17, 15) is 17.6 Å². The molecule has 4 fully saturated rings. The molecule has 2 saturated carbocycles. The number of hydrogen-bond acceptors (Lipinski definition) is 8. The van der Waals surface area contributed by atoms with Crippen molar-refractivity contribution in [2.75, 3.05) is 33.0 Å². The van der Waals surface area contributed by atoms with E-state index in [2.05, 4.69) is 12.1 Å². The molecular weight excluding hydrogens is 672 g/mol. The zero-order valence-electron chi connectivity index (χ0n) is 29.8. The predicted octanol–water partition coefficient (Wildman–Crippen LogP) is 8.23. The molecule has 8 nitrogen and oxygen atoms in total. The van der Waals surface area contributed by atoms with E-state index in [-0.39, 0.29) is 30.8 Å². The molecule has 2 aliphatic carbocycles. The Labute approximate surface area is 300 Å². The SMILES string of the molecule is CCC(F)(F)COC1CCCCO1.FC(F)(COC1CC(OCc2ccccc2)C1)COC1CCCCO1.OC1CC(OCc2ccccc2)C1. The molecule has 2 heterocycles. The average Bonchev–Trinajstić information content (AvgIpc) is 3.13. The van der Waals surface area contributed by atoms with E-state index >= 15 is 0 Å². The zero-order chi connectivity index (χ0) is 36.4. The van der Waals surface area contributed by atoms with Gasteiger partial charge in [-0.05, 0) is 75.3 Å². The van der Waals surface area contributed by atoms with Gasteiger partial charge in [-0.25, -0.2) is 17.6 Å². The van der Waals surface area contributed by atoms with Gasteiger partial charge in [0.25, 0.3) is 11.8 Å². The molecule has 4 aliphatic rings. The van der Waals surface area contributed by atoms with Crippen molar-refractivity contribution in [3.05, 3.63) is 71.8 Å². The fourth-order valence-corrected chi connectivity index (χ4v) is 5.54. The Morgan fingerprint density at radius 3 is 1.45 bits per heavy atom. The second-order valence-corrected chi connectivity index (χ2v) is 13.6. The number of halogens is 4. The molecule has 0 bridgehead atoms. The number of ether oxygens (including phenoxy) is 7. The lowest BCUT2D eigenvalue weighted by atomic mass is 9.92. The van der Waals surface area contributed by atoms with E-state index < -0.39 is 44.2 Å². The zero-order valence-corrected chi connectivity index (χ0v) is 29.8. The van der Waals surface area contributed by atoms with Crippen LogP contribution in [0.4, 0.5) is 17.6 Å². The Morgan fingerprint density at radius 1 is 0.588 bits per heavy atom. The maximum atomic E-state index is 13.8. The summed E-state index contributed by atoms with van der Waals surface area (Å²) in [6.07, 6.45) is 7.26.